The van der Waals surface area contributed by atoms with Gasteiger partial charge in [-0.15, -0.1) is 0 Å². The number of benzene rings is 1. The Bertz CT molecular complexity index is 493. The number of likely N-dealkylation sites (tertiary alicyclic amines) is 1. The molecular formula is C16H21N3O. The van der Waals surface area contributed by atoms with Gasteiger partial charge in [0.25, 0.3) is 0 Å². The van der Waals surface area contributed by atoms with Crippen molar-refractivity contribution in [3.05, 3.63) is 35.4 Å². The van der Waals surface area contributed by atoms with Crippen molar-refractivity contribution in [1.82, 2.24) is 10.2 Å². The Kier molecular flexibility index (Phi) is 4.62. The Morgan fingerprint density at radius 1 is 1.30 bits per heavy atom. The molecule has 2 atom stereocenters. The highest BCUT2D eigenvalue weighted by Gasteiger charge is 2.24. The van der Waals surface area contributed by atoms with Crippen LogP contribution in [0.25, 0.3) is 0 Å². The van der Waals surface area contributed by atoms with E-state index in [0.29, 0.717) is 23.9 Å². The summed E-state index contributed by atoms with van der Waals surface area (Å²) in [6.45, 7) is 6.56. The molecule has 2 amide bonds. The molecule has 1 aliphatic heterocycles. The lowest BCUT2D eigenvalue weighted by Gasteiger charge is -2.34. The fraction of sp³-hybridized carbons (Fsp3) is 0.500. The van der Waals surface area contributed by atoms with E-state index in [9.17, 15) is 4.79 Å². The average Bonchev–Trinajstić information content (AvgIpc) is 2.44. The standard InChI is InChI=1S/C16H21N3O/c1-12-7-13(2)11-19(10-12)16(20)18-9-15-5-3-14(8-17)4-6-15/h3-6,12-13H,7,9-11H2,1-2H3,(H,18,20). The molecule has 20 heavy (non-hydrogen) atoms. The lowest BCUT2D eigenvalue weighted by Crippen LogP contribution is -2.47. The van der Waals surface area contributed by atoms with Gasteiger partial charge in [-0.2, -0.15) is 5.26 Å². The molecule has 1 aromatic rings. The second kappa shape index (κ2) is 6.42. The first-order chi connectivity index (χ1) is 9.58. The molecule has 0 spiro atoms. The maximum absolute atomic E-state index is 12.1. The highest BCUT2D eigenvalue weighted by Crippen LogP contribution is 2.20. The Labute approximate surface area is 120 Å². The predicted molar refractivity (Wildman–Crippen MR) is 77.9 cm³/mol. The number of nitriles is 1. The Morgan fingerprint density at radius 3 is 2.45 bits per heavy atom. The lowest BCUT2D eigenvalue weighted by atomic mass is 9.92. The zero-order valence-corrected chi connectivity index (χ0v) is 12.1. The molecule has 0 bridgehead atoms. The molecule has 1 N–H and O–H groups in total. The van der Waals surface area contributed by atoms with E-state index in [0.717, 1.165) is 18.7 Å². The van der Waals surface area contributed by atoms with Crippen LogP contribution in [0.3, 0.4) is 0 Å². The maximum atomic E-state index is 12.1. The molecule has 0 saturated carbocycles. The van der Waals surface area contributed by atoms with Gasteiger partial charge in [-0.1, -0.05) is 26.0 Å². The summed E-state index contributed by atoms with van der Waals surface area (Å²) >= 11 is 0. The number of nitrogens with one attached hydrogen (secondary N) is 1. The van der Waals surface area contributed by atoms with E-state index in [1.54, 1.807) is 12.1 Å². The van der Waals surface area contributed by atoms with Crippen molar-refractivity contribution in [2.75, 3.05) is 13.1 Å². The second-order valence-electron chi connectivity index (χ2n) is 5.82. The van der Waals surface area contributed by atoms with Crippen molar-refractivity contribution in [3.63, 3.8) is 0 Å². The minimum Gasteiger partial charge on any atom is -0.334 e. The molecule has 1 aromatic carbocycles. The van der Waals surface area contributed by atoms with E-state index >= 15 is 0 Å². The van der Waals surface area contributed by atoms with E-state index in [2.05, 4.69) is 25.2 Å². The number of nitrogens with zero attached hydrogens (tertiary/aromatic N) is 2. The summed E-state index contributed by atoms with van der Waals surface area (Å²) in [4.78, 5) is 14.1. The van der Waals surface area contributed by atoms with Crippen LogP contribution in [-0.2, 0) is 6.54 Å². The summed E-state index contributed by atoms with van der Waals surface area (Å²) in [7, 11) is 0. The first-order valence-electron chi connectivity index (χ1n) is 7.10. The monoisotopic (exact) mass is 271 g/mol. The van der Waals surface area contributed by atoms with Gasteiger partial charge in [-0.05, 0) is 36.0 Å². The van der Waals surface area contributed by atoms with Gasteiger partial charge >= 0.3 is 6.03 Å². The van der Waals surface area contributed by atoms with Gasteiger partial charge in [0, 0.05) is 19.6 Å². The van der Waals surface area contributed by atoms with Crippen LogP contribution in [-0.4, -0.2) is 24.0 Å². The van der Waals surface area contributed by atoms with Crippen molar-refractivity contribution in [1.29, 1.82) is 5.26 Å². The summed E-state index contributed by atoms with van der Waals surface area (Å²) in [6.07, 6.45) is 1.19. The first kappa shape index (κ1) is 14.4. The molecule has 0 radical (unpaired) electrons. The number of piperidine rings is 1. The van der Waals surface area contributed by atoms with Gasteiger partial charge in [0.1, 0.15) is 0 Å². The summed E-state index contributed by atoms with van der Waals surface area (Å²) in [5.74, 6) is 1.14. The zero-order valence-electron chi connectivity index (χ0n) is 12.1. The molecule has 2 unspecified atom stereocenters. The van der Waals surface area contributed by atoms with Crippen LogP contribution in [0.2, 0.25) is 0 Å². The van der Waals surface area contributed by atoms with Crippen LogP contribution in [0.5, 0.6) is 0 Å². The summed E-state index contributed by atoms with van der Waals surface area (Å²) in [5.41, 5.74) is 1.65. The fourth-order valence-corrected chi connectivity index (χ4v) is 2.82. The van der Waals surface area contributed by atoms with Crippen LogP contribution >= 0.6 is 0 Å². The lowest BCUT2D eigenvalue weighted by molar-refractivity contribution is 0.146. The number of carbonyl (C=O) groups excluding carboxylic acids is 1. The number of hydrogen-bond donors (Lipinski definition) is 1. The van der Waals surface area contributed by atoms with E-state index < -0.39 is 0 Å². The second-order valence-corrected chi connectivity index (χ2v) is 5.82. The number of urea groups is 1. The third-order valence-corrected chi connectivity index (χ3v) is 3.68. The largest absolute Gasteiger partial charge is 0.334 e. The predicted octanol–water partition coefficient (Wildman–Crippen LogP) is 2.75. The normalized spacial score (nSPS) is 22.1. The molecule has 0 aromatic heterocycles. The van der Waals surface area contributed by atoms with Crippen LogP contribution in [0.15, 0.2) is 24.3 Å². The summed E-state index contributed by atoms with van der Waals surface area (Å²) in [5, 5.41) is 11.7. The average molecular weight is 271 g/mol. The Balaban J connectivity index is 1.86. The van der Waals surface area contributed by atoms with E-state index in [4.69, 9.17) is 5.26 Å². The van der Waals surface area contributed by atoms with Crippen LogP contribution in [0.1, 0.15) is 31.4 Å². The van der Waals surface area contributed by atoms with Gasteiger partial charge in [-0.25, -0.2) is 4.79 Å². The fourth-order valence-electron chi connectivity index (χ4n) is 2.82. The maximum Gasteiger partial charge on any atom is 0.317 e. The molecular weight excluding hydrogens is 250 g/mol. The van der Waals surface area contributed by atoms with Crippen molar-refractivity contribution in [3.8, 4) is 6.07 Å². The molecule has 1 fully saturated rings. The highest BCUT2D eigenvalue weighted by molar-refractivity contribution is 5.74. The van der Waals surface area contributed by atoms with Crippen LogP contribution in [0, 0.1) is 23.2 Å². The molecule has 1 heterocycles. The molecule has 4 nitrogen and oxygen atoms in total. The quantitative estimate of drug-likeness (QED) is 0.899. The van der Waals surface area contributed by atoms with Crippen molar-refractivity contribution < 1.29 is 4.79 Å². The molecule has 4 heteroatoms. The van der Waals surface area contributed by atoms with E-state index in [-0.39, 0.29) is 6.03 Å². The number of hydrogen-bond acceptors (Lipinski definition) is 2. The first-order valence-corrected chi connectivity index (χ1v) is 7.10. The Hall–Kier alpha value is -2.02. The van der Waals surface area contributed by atoms with E-state index in [1.807, 2.05) is 17.0 Å². The van der Waals surface area contributed by atoms with Gasteiger partial charge in [0.05, 0.1) is 11.6 Å². The van der Waals surface area contributed by atoms with Crippen LogP contribution in [0.4, 0.5) is 4.79 Å². The smallest absolute Gasteiger partial charge is 0.317 e. The third-order valence-electron chi connectivity index (χ3n) is 3.68. The van der Waals surface area contributed by atoms with Gasteiger partial charge in [-0.3, -0.25) is 0 Å². The Morgan fingerprint density at radius 2 is 1.90 bits per heavy atom. The molecule has 1 saturated heterocycles. The van der Waals surface area contributed by atoms with Crippen molar-refractivity contribution in [2.45, 2.75) is 26.8 Å². The number of rotatable bonds is 2. The number of amides is 2. The molecule has 106 valence electrons. The third kappa shape index (κ3) is 3.74. The SMILES string of the molecule is CC1CC(C)CN(C(=O)NCc2ccc(C#N)cc2)C1. The minimum absolute atomic E-state index is 0.00718. The zero-order chi connectivity index (χ0) is 14.5. The topological polar surface area (TPSA) is 56.1 Å². The van der Waals surface area contributed by atoms with Gasteiger partial charge < -0.3 is 10.2 Å². The van der Waals surface area contributed by atoms with E-state index in [1.165, 1.54) is 6.42 Å². The van der Waals surface area contributed by atoms with Crippen molar-refractivity contribution >= 4 is 6.03 Å². The van der Waals surface area contributed by atoms with Crippen LogP contribution < -0.4 is 5.32 Å². The van der Waals surface area contributed by atoms with Gasteiger partial charge in [0.15, 0.2) is 0 Å². The van der Waals surface area contributed by atoms with Gasteiger partial charge in [0.2, 0.25) is 0 Å². The minimum atomic E-state index is 0.00718. The summed E-state index contributed by atoms with van der Waals surface area (Å²) < 4.78 is 0. The molecule has 2 rings (SSSR count). The molecule has 0 aliphatic carbocycles. The van der Waals surface area contributed by atoms with Crippen molar-refractivity contribution in [2.24, 2.45) is 11.8 Å². The number of carbonyl (C=O) groups is 1. The summed E-state index contributed by atoms with van der Waals surface area (Å²) in [6, 6.07) is 9.38. The highest BCUT2D eigenvalue weighted by atomic mass is 16.2. The molecule has 1 aliphatic rings.